The normalized spacial score (nSPS) is 17.2. The Morgan fingerprint density at radius 2 is 2.21 bits per heavy atom. The van der Waals surface area contributed by atoms with Gasteiger partial charge in [-0.15, -0.1) is 0 Å². The molecule has 1 saturated heterocycles. The first-order chi connectivity index (χ1) is 15.9. The fourth-order valence-electron chi connectivity index (χ4n) is 4.64. The molecule has 7 nitrogen and oxygen atoms in total. The van der Waals surface area contributed by atoms with Crippen LogP contribution in [0.1, 0.15) is 0 Å². The molecule has 3 aromatic rings. The van der Waals surface area contributed by atoms with Crippen molar-refractivity contribution < 1.29 is 23.8 Å². The maximum Gasteiger partial charge on any atom is 0.246 e. The lowest BCUT2D eigenvalue weighted by molar-refractivity contribution is -0.127. The van der Waals surface area contributed by atoms with Crippen LogP contribution in [0, 0.1) is 5.82 Å². The van der Waals surface area contributed by atoms with Gasteiger partial charge >= 0.3 is 0 Å². The maximum absolute atomic E-state index is 14.7. The predicted molar refractivity (Wildman–Crippen MR) is 124 cm³/mol. The van der Waals surface area contributed by atoms with Gasteiger partial charge in [-0.3, -0.25) is 4.79 Å². The van der Waals surface area contributed by atoms with Gasteiger partial charge in [0.15, 0.2) is 11.5 Å². The van der Waals surface area contributed by atoms with Crippen LogP contribution in [-0.2, 0) is 4.79 Å². The van der Waals surface area contributed by atoms with Crippen molar-refractivity contribution in [2.24, 2.45) is 0 Å². The molecule has 1 atom stereocenters. The number of phenolic OH excluding ortho intramolecular Hbond substituents is 1. The van der Waals surface area contributed by atoms with Crippen molar-refractivity contribution in [2.75, 3.05) is 38.3 Å². The predicted octanol–water partition coefficient (Wildman–Crippen LogP) is 4.00. The monoisotopic (exact) mass is 469 g/mol. The third-order valence-electron chi connectivity index (χ3n) is 6.14. The van der Waals surface area contributed by atoms with Crippen molar-refractivity contribution >= 4 is 34.1 Å². The third kappa shape index (κ3) is 3.33. The highest BCUT2D eigenvalue weighted by molar-refractivity contribution is 6.35. The number of anilines is 1. The summed E-state index contributed by atoms with van der Waals surface area (Å²) >= 11 is 6.66. The summed E-state index contributed by atoms with van der Waals surface area (Å²) in [5, 5.41) is 11.2. The fourth-order valence-corrected chi connectivity index (χ4v) is 4.93. The van der Waals surface area contributed by atoms with Gasteiger partial charge in [-0.25, -0.2) is 9.37 Å². The SMILES string of the molecule is C=CC(=O)N1CCN2c3c(cnc4c(OC)c(-c5c(O)cccc5F)c(Cl)cc34)OCC2C1. The number of phenols is 1. The van der Waals surface area contributed by atoms with Gasteiger partial charge in [0.25, 0.3) is 0 Å². The highest BCUT2D eigenvalue weighted by Gasteiger charge is 2.36. The number of rotatable bonds is 3. The number of ether oxygens (including phenoxy) is 2. The van der Waals surface area contributed by atoms with E-state index in [4.69, 9.17) is 21.1 Å². The Labute approximate surface area is 194 Å². The molecule has 1 N–H and O–H groups in total. The molecule has 0 saturated carbocycles. The number of hydrogen-bond donors (Lipinski definition) is 1. The molecule has 9 heteroatoms. The highest BCUT2D eigenvalue weighted by Crippen LogP contribution is 2.49. The number of carbonyl (C=O) groups is 1. The number of hydrogen-bond acceptors (Lipinski definition) is 6. The molecule has 1 aromatic heterocycles. The second-order valence-corrected chi connectivity index (χ2v) is 8.32. The summed E-state index contributed by atoms with van der Waals surface area (Å²) < 4.78 is 26.3. The van der Waals surface area contributed by atoms with Crippen LogP contribution in [0.3, 0.4) is 0 Å². The van der Waals surface area contributed by atoms with Gasteiger partial charge in [0.05, 0.1) is 41.2 Å². The Morgan fingerprint density at radius 3 is 2.94 bits per heavy atom. The van der Waals surface area contributed by atoms with E-state index in [9.17, 15) is 14.3 Å². The maximum atomic E-state index is 14.7. The molecule has 33 heavy (non-hydrogen) atoms. The largest absolute Gasteiger partial charge is 0.507 e. The van der Waals surface area contributed by atoms with Crippen molar-refractivity contribution in [3.8, 4) is 28.4 Å². The summed E-state index contributed by atoms with van der Waals surface area (Å²) in [6.07, 6.45) is 2.92. The minimum absolute atomic E-state index is 0.0496. The molecule has 1 fully saturated rings. The molecule has 1 unspecified atom stereocenters. The van der Waals surface area contributed by atoms with Gasteiger partial charge in [0.1, 0.15) is 23.7 Å². The summed E-state index contributed by atoms with van der Waals surface area (Å²) in [5.41, 5.74) is 1.44. The fraction of sp³-hybridized carbons (Fsp3) is 0.250. The first-order valence-corrected chi connectivity index (χ1v) is 10.8. The van der Waals surface area contributed by atoms with E-state index >= 15 is 0 Å². The Morgan fingerprint density at radius 1 is 1.39 bits per heavy atom. The lowest BCUT2D eigenvalue weighted by Crippen LogP contribution is -2.58. The summed E-state index contributed by atoms with van der Waals surface area (Å²) in [5.74, 6) is -0.137. The number of aromatic nitrogens is 1. The lowest BCUT2D eigenvalue weighted by atomic mass is 9.98. The Hall–Kier alpha value is -3.52. The van der Waals surface area contributed by atoms with E-state index in [-0.39, 0.29) is 39.6 Å². The first-order valence-electron chi connectivity index (χ1n) is 10.4. The molecule has 2 aromatic carbocycles. The molecule has 0 bridgehead atoms. The molecular weight excluding hydrogens is 449 g/mol. The number of benzene rings is 2. The minimum Gasteiger partial charge on any atom is -0.507 e. The second-order valence-electron chi connectivity index (χ2n) is 7.91. The Balaban J connectivity index is 1.69. The minimum atomic E-state index is -0.626. The van der Waals surface area contributed by atoms with Crippen molar-refractivity contribution in [3.05, 3.63) is 54.0 Å². The number of halogens is 2. The van der Waals surface area contributed by atoms with Crippen LogP contribution in [0.5, 0.6) is 17.2 Å². The Bertz CT molecular complexity index is 1280. The molecule has 2 aliphatic heterocycles. The average Bonchev–Trinajstić information content (AvgIpc) is 2.82. The lowest BCUT2D eigenvalue weighted by Gasteiger charge is -2.45. The van der Waals surface area contributed by atoms with Crippen LogP contribution in [0.2, 0.25) is 5.02 Å². The van der Waals surface area contributed by atoms with Crippen LogP contribution >= 0.6 is 11.6 Å². The molecule has 170 valence electrons. The number of methoxy groups -OCH3 is 1. The van der Waals surface area contributed by atoms with E-state index in [1.165, 1.54) is 31.4 Å². The van der Waals surface area contributed by atoms with Crippen molar-refractivity contribution in [1.82, 2.24) is 9.88 Å². The number of aromatic hydroxyl groups is 1. The van der Waals surface area contributed by atoms with E-state index < -0.39 is 5.82 Å². The van der Waals surface area contributed by atoms with Crippen LogP contribution in [-0.4, -0.2) is 60.3 Å². The molecular formula is C24H21ClFN3O4. The summed E-state index contributed by atoms with van der Waals surface area (Å²) in [4.78, 5) is 20.6. The number of nitrogens with zero attached hydrogens (tertiary/aromatic N) is 3. The average molecular weight is 470 g/mol. The Kier molecular flexibility index (Phi) is 5.25. The summed E-state index contributed by atoms with van der Waals surface area (Å²) in [7, 11) is 1.45. The van der Waals surface area contributed by atoms with E-state index in [0.717, 1.165) is 5.69 Å². The van der Waals surface area contributed by atoms with Crippen LogP contribution in [0.25, 0.3) is 22.0 Å². The third-order valence-corrected chi connectivity index (χ3v) is 6.44. The van der Waals surface area contributed by atoms with Crippen molar-refractivity contribution in [3.63, 3.8) is 0 Å². The topological polar surface area (TPSA) is 75.1 Å². The van der Waals surface area contributed by atoms with Gasteiger partial charge in [-0.2, -0.15) is 0 Å². The van der Waals surface area contributed by atoms with Gasteiger partial charge in [0.2, 0.25) is 5.91 Å². The van der Waals surface area contributed by atoms with E-state index in [1.54, 1.807) is 17.2 Å². The number of carbonyl (C=O) groups excluding carboxylic acids is 1. The smallest absolute Gasteiger partial charge is 0.246 e. The molecule has 1 amide bonds. The zero-order valence-electron chi connectivity index (χ0n) is 17.8. The quantitative estimate of drug-likeness (QED) is 0.584. The zero-order valence-corrected chi connectivity index (χ0v) is 18.6. The molecule has 5 rings (SSSR count). The number of pyridine rings is 1. The molecule has 0 aliphatic carbocycles. The highest BCUT2D eigenvalue weighted by atomic mass is 35.5. The molecule has 0 spiro atoms. The van der Waals surface area contributed by atoms with Gasteiger partial charge in [-0.1, -0.05) is 24.2 Å². The number of piperazine rings is 1. The van der Waals surface area contributed by atoms with Gasteiger partial charge < -0.3 is 24.4 Å². The van der Waals surface area contributed by atoms with Gasteiger partial charge in [-0.05, 0) is 24.3 Å². The van der Waals surface area contributed by atoms with E-state index in [0.29, 0.717) is 42.9 Å². The number of fused-ring (bicyclic) bond motifs is 5. The number of amides is 1. The van der Waals surface area contributed by atoms with Gasteiger partial charge in [0, 0.05) is 25.0 Å². The van der Waals surface area contributed by atoms with Crippen LogP contribution in [0.15, 0.2) is 43.1 Å². The molecule has 3 heterocycles. The summed E-state index contributed by atoms with van der Waals surface area (Å²) in [6.45, 7) is 5.61. The zero-order chi connectivity index (χ0) is 23.3. The first kappa shape index (κ1) is 21.3. The van der Waals surface area contributed by atoms with Crippen LogP contribution in [0.4, 0.5) is 10.1 Å². The molecule has 2 aliphatic rings. The van der Waals surface area contributed by atoms with E-state index in [2.05, 4.69) is 16.5 Å². The summed E-state index contributed by atoms with van der Waals surface area (Å²) in [6, 6.07) is 5.69. The van der Waals surface area contributed by atoms with E-state index in [1.807, 2.05) is 0 Å². The van der Waals surface area contributed by atoms with Crippen molar-refractivity contribution in [2.45, 2.75) is 6.04 Å². The van der Waals surface area contributed by atoms with Crippen molar-refractivity contribution in [1.29, 1.82) is 0 Å². The standard InChI is InChI=1S/C24H21ClFN3O4/c1-3-19(31)28-7-8-29-13(11-28)12-33-18-10-27-22-14(23(18)29)9-15(25)20(24(22)32-2)21-16(26)5-4-6-17(21)30/h3-6,9-10,13,30H,1,7-8,11-12H2,2H3. The molecule has 0 radical (unpaired) electrons. The second kappa shape index (κ2) is 8.12. The van der Waals surface area contributed by atoms with Crippen LogP contribution < -0.4 is 14.4 Å².